The molecule has 0 aliphatic rings. The summed E-state index contributed by atoms with van der Waals surface area (Å²) in [6.45, 7) is 4.03. The van der Waals surface area contributed by atoms with Crippen LogP contribution in [0.4, 0.5) is 0 Å². The molecule has 0 aliphatic carbocycles. The number of nitrogens with one attached hydrogen (secondary N) is 1. The van der Waals surface area contributed by atoms with E-state index in [9.17, 15) is 0 Å². The van der Waals surface area contributed by atoms with Gasteiger partial charge in [-0.25, -0.2) is 0 Å². The van der Waals surface area contributed by atoms with Crippen molar-refractivity contribution in [1.29, 1.82) is 0 Å². The van der Waals surface area contributed by atoms with Crippen molar-refractivity contribution in [2.75, 3.05) is 6.54 Å². The van der Waals surface area contributed by atoms with E-state index in [1.807, 2.05) is 24.3 Å². The number of hydrogen-bond donors (Lipinski definition) is 1. The van der Waals surface area contributed by atoms with Gasteiger partial charge in [0.1, 0.15) is 11.5 Å². The van der Waals surface area contributed by atoms with E-state index in [0.717, 1.165) is 34.2 Å². The van der Waals surface area contributed by atoms with Gasteiger partial charge < -0.3 is 10.1 Å². The second kappa shape index (κ2) is 8.18. The predicted octanol–water partition coefficient (Wildman–Crippen LogP) is 6.16. The summed E-state index contributed by atoms with van der Waals surface area (Å²) in [7, 11) is 0. The van der Waals surface area contributed by atoms with E-state index in [2.05, 4.69) is 56.2 Å². The van der Waals surface area contributed by atoms with Crippen molar-refractivity contribution in [2.45, 2.75) is 19.9 Å². The summed E-state index contributed by atoms with van der Waals surface area (Å²) >= 11 is 13.1. The van der Waals surface area contributed by atoms with Gasteiger partial charge in [0.2, 0.25) is 0 Å². The Bertz CT molecular complexity index is 619. The summed E-state index contributed by atoms with van der Waals surface area (Å²) in [5, 5.41) is 3.95. The molecule has 0 spiro atoms. The first-order valence-corrected chi connectivity index (χ1v) is 8.68. The zero-order valence-electron chi connectivity index (χ0n) is 11.6. The lowest BCUT2D eigenvalue weighted by Crippen LogP contribution is -2.13. The Morgan fingerprint density at radius 1 is 1.10 bits per heavy atom. The lowest BCUT2D eigenvalue weighted by Gasteiger charge is -2.11. The molecule has 0 radical (unpaired) electrons. The first-order chi connectivity index (χ1) is 10.1. The molecule has 0 bridgehead atoms. The van der Waals surface area contributed by atoms with Gasteiger partial charge in [-0.05, 0) is 64.8 Å². The molecule has 0 saturated carbocycles. The number of ether oxygens (including phenoxy) is 1. The van der Waals surface area contributed by atoms with E-state index in [-0.39, 0.29) is 0 Å². The quantitative estimate of drug-likeness (QED) is 0.551. The van der Waals surface area contributed by atoms with Gasteiger partial charge in [-0.3, -0.25) is 0 Å². The lowest BCUT2D eigenvalue weighted by atomic mass is 10.2. The van der Waals surface area contributed by atoms with Gasteiger partial charge >= 0.3 is 0 Å². The number of halogens is 3. The van der Waals surface area contributed by atoms with Crippen LogP contribution in [0.3, 0.4) is 0 Å². The average Bonchev–Trinajstić information content (AvgIpc) is 2.44. The SMILES string of the molecule is CCCNCc1ccc(Oc2ccc(Br)cc2Cl)c(Br)c1. The molecule has 0 unspecified atom stereocenters. The van der Waals surface area contributed by atoms with Crippen molar-refractivity contribution >= 4 is 43.5 Å². The van der Waals surface area contributed by atoms with Crippen molar-refractivity contribution in [3.05, 3.63) is 55.9 Å². The molecule has 2 rings (SSSR count). The molecule has 5 heteroatoms. The molecule has 0 aliphatic heterocycles. The number of benzene rings is 2. The fraction of sp³-hybridized carbons (Fsp3) is 0.250. The van der Waals surface area contributed by atoms with Gasteiger partial charge in [0.25, 0.3) is 0 Å². The molecule has 0 atom stereocenters. The molecule has 1 N–H and O–H groups in total. The van der Waals surface area contributed by atoms with E-state index >= 15 is 0 Å². The van der Waals surface area contributed by atoms with E-state index in [4.69, 9.17) is 16.3 Å². The first-order valence-electron chi connectivity index (χ1n) is 6.72. The minimum atomic E-state index is 0.574. The smallest absolute Gasteiger partial charge is 0.146 e. The van der Waals surface area contributed by atoms with Crippen LogP contribution in [-0.2, 0) is 6.54 Å². The molecule has 112 valence electrons. The zero-order chi connectivity index (χ0) is 15.2. The van der Waals surface area contributed by atoms with Gasteiger partial charge in [-0.15, -0.1) is 0 Å². The molecule has 2 aromatic carbocycles. The third kappa shape index (κ3) is 4.99. The summed E-state index contributed by atoms with van der Waals surface area (Å²) in [4.78, 5) is 0. The minimum absolute atomic E-state index is 0.574. The van der Waals surface area contributed by atoms with E-state index in [0.29, 0.717) is 10.8 Å². The first kappa shape index (κ1) is 16.8. The molecule has 0 fully saturated rings. The van der Waals surface area contributed by atoms with Crippen LogP contribution in [0.25, 0.3) is 0 Å². The van der Waals surface area contributed by atoms with Gasteiger partial charge in [0, 0.05) is 11.0 Å². The lowest BCUT2D eigenvalue weighted by molar-refractivity contribution is 0.479. The maximum absolute atomic E-state index is 6.17. The standard InChI is InChI=1S/C16H16Br2ClNO/c1-2-7-20-10-11-3-5-15(13(18)8-11)21-16-6-4-12(17)9-14(16)19/h3-6,8-9,20H,2,7,10H2,1H3. The van der Waals surface area contributed by atoms with Gasteiger partial charge in [0.15, 0.2) is 0 Å². The topological polar surface area (TPSA) is 21.3 Å². The van der Waals surface area contributed by atoms with Crippen LogP contribution in [0, 0.1) is 0 Å². The molecule has 0 aromatic heterocycles. The molecular weight excluding hydrogens is 417 g/mol. The van der Waals surface area contributed by atoms with Crippen molar-refractivity contribution in [2.24, 2.45) is 0 Å². The molecule has 21 heavy (non-hydrogen) atoms. The maximum atomic E-state index is 6.17. The summed E-state index contributed by atoms with van der Waals surface area (Å²) in [5.41, 5.74) is 1.21. The molecule has 0 amide bonds. The maximum Gasteiger partial charge on any atom is 0.146 e. The fourth-order valence-corrected chi connectivity index (χ4v) is 3.04. The van der Waals surface area contributed by atoms with Gasteiger partial charge in [-0.1, -0.05) is 40.5 Å². The molecular formula is C16H16Br2ClNO. The number of hydrogen-bond acceptors (Lipinski definition) is 2. The van der Waals surface area contributed by atoms with Crippen molar-refractivity contribution in [1.82, 2.24) is 5.32 Å². The normalized spacial score (nSPS) is 10.7. The van der Waals surface area contributed by atoms with Gasteiger partial charge in [-0.2, -0.15) is 0 Å². The zero-order valence-corrected chi connectivity index (χ0v) is 15.6. The summed E-state index contributed by atoms with van der Waals surface area (Å²) < 4.78 is 7.70. The second-order valence-corrected chi connectivity index (χ2v) is 6.80. The van der Waals surface area contributed by atoms with Crippen LogP contribution < -0.4 is 10.1 Å². The van der Waals surface area contributed by atoms with Crippen molar-refractivity contribution in [3.63, 3.8) is 0 Å². The average molecular weight is 434 g/mol. The Hall–Kier alpha value is -0.550. The highest BCUT2D eigenvalue weighted by Crippen LogP contribution is 2.35. The van der Waals surface area contributed by atoms with Crippen molar-refractivity contribution < 1.29 is 4.74 Å². The monoisotopic (exact) mass is 431 g/mol. The second-order valence-electron chi connectivity index (χ2n) is 4.62. The Kier molecular flexibility index (Phi) is 6.55. The highest BCUT2D eigenvalue weighted by Gasteiger charge is 2.07. The molecule has 0 saturated heterocycles. The number of rotatable bonds is 6. The van der Waals surface area contributed by atoms with Gasteiger partial charge in [0.05, 0.1) is 9.50 Å². The minimum Gasteiger partial charge on any atom is -0.455 e. The largest absolute Gasteiger partial charge is 0.455 e. The van der Waals surface area contributed by atoms with Crippen LogP contribution in [0.2, 0.25) is 5.02 Å². The third-order valence-electron chi connectivity index (χ3n) is 2.87. The van der Waals surface area contributed by atoms with Crippen LogP contribution in [-0.4, -0.2) is 6.54 Å². The Morgan fingerprint density at radius 3 is 2.52 bits per heavy atom. The highest BCUT2D eigenvalue weighted by molar-refractivity contribution is 9.10. The van der Waals surface area contributed by atoms with E-state index in [1.165, 1.54) is 5.56 Å². The summed E-state index contributed by atoms with van der Waals surface area (Å²) in [5.74, 6) is 1.39. The van der Waals surface area contributed by atoms with E-state index in [1.54, 1.807) is 0 Å². The predicted molar refractivity (Wildman–Crippen MR) is 95.4 cm³/mol. The Labute approximate surface area is 147 Å². The fourth-order valence-electron chi connectivity index (χ4n) is 1.82. The van der Waals surface area contributed by atoms with Crippen LogP contribution in [0.1, 0.15) is 18.9 Å². The molecule has 0 heterocycles. The van der Waals surface area contributed by atoms with Crippen LogP contribution in [0.15, 0.2) is 45.3 Å². The highest BCUT2D eigenvalue weighted by atomic mass is 79.9. The summed E-state index contributed by atoms with van der Waals surface area (Å²) in [6.07, 6.45) is 1.13. The Balaban J connectivity index is 2.10. The van der Waals surface area contributed by atoms with Crippen LogP contribution >= 0.6 is 43.5 Å². The molecule has 2 nitrogen and oxygen atoms in total. The summed E-state index contributed by atoms with van der Waals surface area (Å²) in [6, 6.07) is 11.6. The third-order valence-corrected chi connectivity index (χ3v) is 4.27. The van der Waals surface area contributed by atoms with Crippen LogP contribution in [0.5, 0.6) is 11.5 Å². The Morgan fingerprint density at radius 2 is 1.86 bits per heavy atom. The van der Waals surface area contributed by atoms with E-state index < -0.39 is 0 Å². The van der Waals surface area contributed by atoms with Crippen molar-refractivity contribution in [3.8, 4) is 11.5 Å². The molecule has 2 aromatic rings.